The van der Waals surface area contributed by atoms with Crippen LogP contribution in [0.3, 0.4) is 0 Å². The topological polar surface area (TPSA) is 77.6 Å². The Balaban J connectivity index is 1.22. The average molecular weight is 573 g/mol. The Labute approximate surface area is 231 Å². The van der Waals surface area contributed by atoms with E-state index in [9.17, 15) is 9.59 Å². The van der Waals surface area contributed by atoms with E-state index in [4.69, 9.17) is 46.4 Å². The number of benzene rings is 1. The number of halogens is 4. The molecule has 1 aliphatic rings. The molecule has 7 nitrogen and oxygen atoms in total. The molecule has 3 amide bonds. The summed E-state index contributed by atoms with van der Waals surface area (Å²) in [5, 5.41) is 7.15. The SMILES string of the molecule is O=C(/C=C/c1ccc(Cl)c(Cl)c1)NCCCCCCN1CCN(C(=O)Nc2cc(Cl)nc(Cl)c2)CC1. The quantitative estimate of drug-likeness (QED) is 0.201. The average Bonchev–Trinajstić information content (AvgIpc) is 2.84. The van der Waals surface area contributed by atoms with E-state index in [1.54, 1.807) is 35.2 Å². The molecule has 2 N–H and O–H groups in total. The van der Waals surface area contributed by atoms with Crippen molar-refractivity contribution in [3.63, 3.8) is 0 Å². The number of urea groups is 1. The fourth-order valence-electron chi connectivity index (χ4n) is 3.79. The van der Waals surface area contributed by atoms with Gasteiger partial charge in [-0.15, -0.1) is 0 Å². The van der Waals surface area contributed by atoms with Crippen molar-refractivity contribution in [2.45, 2.75) is 25.7 Å². The molecule has 36 heavy (non-hydrogen) atoms. The second-order valence-corrected chi connectivity index (χ2v) is 10.1. The summed E-state index contributed by atoms with van der Waals surface area (Å²) < 4.78 is 0. The molecule has 0 atom stereocenters. The standard InChI is InChI=1S/C25H29Cl4N5O2/c26-20-7-5-18(15-21(20)27)6-8-24(35)30-9-3-1-2-4-10-33-11-13-34(14-12-33)25(36)31-19-16-22(28)32-23(29)17-19/h5-8,15-17H,1-4,9-14H2,(H,30,35)(H,31,32,36)/b8-6+. The van der Waals surface area contributed by atoms with E-state index in [-0.39, 0.29) is 22.2 Å². The molecule has 0 saturated carbocycles. The second-order valence-electron chi connectivity index (χ2n) is 8.47. The number of piperazine rings is 1. The van der Waals surface area contributed by atoms with Crippen LogP contribution in [0.2, 0.25) is 20.4 Å². The highest BCUT2D eigenvalue weighted by Crippen LogP contribution is 2.23. The molecule has 1 saturated heterocycles. The van der Waals surface area contributed by atoms with Crippen LogP contribution < -0.4 is 10.6 Å². The number of hydrogen-bond acceptors (Lipinski definition) is 4. The van der Waals surface area contributed by atoms with Crippen molar-refractivity contribution in [1.29, 1.82) is 0 Å². The van der Waals surface area contributed by atoms with Crippen LogP contribution >= 0.6 is 46.4 Å². The highest BCUT2D eigenvalue weighted by molar-refractivity contribution is 6.42. The van der Waals surface area contributed by atoms with Crippen LogP contribution in [0.1, 0.15) is 31.2 Å². The summed E-state index contributed by atoms with van der Waals surface area (Å²) in [6.45, 7) is 4.66. The van der Waals surface area contributed by atoms with Gasteiger partial charge in [-0.2, -0.15) is 0 Å². The second kappa shape index (κ2) is 14.6. The Bertz CT molecular complexity index is 1050. The van der Waals surface area contributed by atoms with Gasteiger partial charge in [0.1, 0.15) is 10.3 Å². The van der Waals surface area contributed by atoms with E-state index in [1.807, 2.05) is 6.07 Å². The number of nitrogens with zero attached hydrogens (tertiary/aromatic N) is 3. The van der Waals surface area contributed by atoms with Crippen molar-refractivity contribution in [2.75, 3.05) is 44.6 Å². The summed E-state index contributed by atoms with van der Waals surface area (Å²) in [4.78, 5) is 32.5. The van der Waals surface area contributed by atoms with E-state index < -0.39 is 0 Å². The number of rotatable bonds is 10. The summed E-state index contributed by atoms with van der Waals surface area (Å²) in [6.07, 6.45) is 7.39. The number of carbonyl (C=O) groups excluding carboxylic acids is 2. The molecule has 0 spiro atoms. The minimum atomic E-state index is -0.165. The Hall–Kier alpha value is -2.03. The van der Waals surface area contributed by atoms with Gasteiger partial charge < -0.3 is 15.5 Å². The molecule has 0 unspecified atom stereocenters. The summed E-state index contributed by atoms with van der Waals surface area (Å²) in [5.74, 6) is -0.127. The maximum Gasteiger partial charge on any atom is 0.321 e. The third-order valence-corrected chi connectivity index (χ3v) is 6.87. The smallest absolute Gasteiger partial charge is 0.321 e. The number of aromatic nitrogens is 1. The zero-order valence-corrected chi connectivity index (χ0v) is 22.8. The van der Waals surface area contributed by atoms with Crippen molar-refractivity contribution in [2.24, 2.45) is 0 Å². The first kappa shape index (κ1) is 28.5. The lowest BCUT2D eigenvalue weighted by atomic mass is 10.1. The molecule has 11 heteroatoms. The van der Waals surface area contributed by atoms with Crippen LogP contribution in [0.25, 0.3) is 6.08 Å². The molecule has 0 aliphatic carbocycles. The lowest BCUT2D eigenvalue weighted by molar-refractivity contribution is -0.116. The normalized spacial score (nSPS) is 14.3. The van der Waals surface area contributed by atoms with Gasteiger partial charge in [0.25, 0.3) is 0 Å². The molecule has 1 aromatic carbocycles. The maximum atomic E-state index is 12.5. The summed E-state index contributed by atoms with van der Waals surface area (Å²) >= 11 is 23.7. The highest BCUT2D eigenvalue weighted by atomic mass is 35.5. The van der Waals surface area contributed by atoms with Gasteiger partial charge in [-0.3, -0.25) is 9.69 Å². The van der Waals surface area contributed by atoms with Crippen molar-refractivity contribution in [3.05, 3.63) is 62.3 Å². The maximum absolute atomic E-state index is 12.5. The molecule has 0 radical (unpaired) electrons. The number of pyridine rings is 1. The Morgan fingerprint density at radius 3 is 2.28 bits per heavy atom. The summed E-state index contributed by atoms with van der Waals surface area (Å²) in [5.41, 5.74) is 1.36. The third kappa shape index (κ3) is 9.79. The van der Waals surface area contributed by atoms with Crippen molar-refractivity contribution in [3.8, 4) is 0 Å². The van der Waals surface area contributed by atoms with Crippen LogP contribution in [0.4, 0.5) is 10.5 Å². The monoisotopic (exact) mass is 571 g/mol. The number of amides is 3. The van der Waals surface area contributed by atoms with E-state index in [2.05, 4.69) is 20.5 Å². The Morgan fingerprint density at radius 1 is 0.889 bits per heavy atom. The Kier molecular flexibility index (Phi) is 11.6. The number of anilines is 1. The van der Waals surface area contributed by atoms with Gasteiger partial charge in [0.05, 0.1) is 10.0 Å². The highest BCUT2D eigenvalue weighted by Gasteiger charge is 2.21. The van der Waals surface area contributed by atoms with Gasteiger partial charge in [-0.25, -0.2) is 9.78 Å². The number of nitrogens with one attached hydrogen (secondary N) is 2. The van der Waals surface area contributed by atoms with Gasteiger partial charge in [-0.05, 0) is 55.3 Å². The number of unbranched alkanes of at least 4 members (excludes halogenated alkanes) is 3. The molecule has 194 valence electrons. The fraction of sp³-hybridized carbons (Fsp3) is 0.400. The van der Waals surface area contributed by atoms with Crippen LogP contribution in [0, 0.1) is 0 Å². The number of carbonyl (C=O) groups is 2. The first-order valence-electron chi connectivity index (χ1n) is 11.8. The van der Waals surface area contributed by atoms with E-state index in [1.165, 1.54) is 6.08 Å². The first-order chi connectivity index (χ1) is 17.3. The molecule has 0 bridgehead atoms. The number of hydrogen-bond donors (Lipinski definition) is 2. The molecular formula is C25H29Cl4N5O2. The van der Waals surface area contributed by atoms with Crippen molar-refractivity contribution < 1.29 is 9.59 Å². The van der Waals surface area contributed by atoms with E-state index in [0.717, 1.165) is 50.9 Å². The molecule has 1 aliphatic heterocycles. The molecular weight excluding hydrogens is 544 g/mol. The van der Waals surface area contributed by atoms with Crippen LogP contribution in [0.15, 0.2) is 36.4 Å². The van der Waals surface area contributed by atoms with Gasteiger partial charge in [0.2, 0.25) is 5.91 Å². The predicted octanol–water partition coefficient (Wildman–Crippen LogP) is 6.23. The molecule has 2 heterocycles. The van der Waals surface area contributed by atoms with Gasteiger partial charge >= 0.3 is 6.03 Å². The van der Waals surface area contributed by atoms with Crippen LogP contribution in [-0.2, 0) is 4.79 Å². The van der Waals surface area contributed by atoms with Crippen molar-refractivity contribution in [1.82, 2.24) is 20.1 Å². The zero-order chi connectivity index (χ0) is 25.9. The Morgan fingerprint density at radius 2 is 1.58 bits per heavy atom. The van der Waals surface area contributed by atoms with Gasteiger partial charge in [-0.1, -0.05) is 65.3 Å². The van der Waals surface area contributed by atoms with Crippen LogP contribution in [-0.4, -0.2) is 66.0 Å². The summed E-state index contributed by atoms with van der Waals surface area (Å²) in [6, 6.07) is 8.21. The zero-order valence-electron chi connectivity index (χ0n) is 19.8. The molecule has 3 rings (SSSR count). The third-order valence-electron chi connectivity index (χ3n) is 5.74. The van der Waals surface area contributed by atoms with Crippen LogP contribution in [0.5, 0.6) is 0 Å². The summed E-state index contributed by atoms with van der Waals surface area (Å²) in [7, 11) is 0. The fourth-order valence-corrected chi connectivity index (χ4v) is 4.55. The largest absolute Gasteiger partial charge is 0.353 e. The molecule has 1 fully saturated rings. The van der Waals surface area contributed by atoms with E-state index >= 15 is 0 Å². The molecule has 2 aromatic rings. The first-order valence-corrected chi connectivity index (χ1v) is 13.3. The minimum Gasteiger partial charge on any atom is -0.353 e. The predicted molar refractivity (Wildman–Crippen MR) is 148 cm³/mol. The lowest BCUT2D eigenvalue weighted by Crippen LogP contribution is -2.50. The minimum absolute atomic E-state index is 0.127. The lowest BCUT2D eigenvalue weighted by Gasteiger charge is -2.34. The van der Waals surface area contributed by atoms with Crippen molar-refractivity contribution >= 4 is 70.1 Å². The van der Waals surface area contributed by atoms with Gasteiger partial charge in [0, 0.05) is 44.5 Å². The van der Waals surface area contributed by atoms with E-state index in [0.29, 0.717) is 35.4 Å². The van der Waals surface area contributed by atoms with Gasteiger partial charge in [0.15, 0.2) is 0 Å². The molecule has 1 aromatic heterocycles.